The molecule has 4 nitrogen and oxygen atoms in total. The minimum Gasteiger partial charge on any atom is -0.455 e. The van der Waals surface area contributed by atoms with E-state index in [4.69, 9.17) is 9.47 Å². The van der Waals surface area contributed by atoms with Crippen LogP contribution in [0.2, 0.25) is 0 Å². The summed E-state index contributed by atoms with van der Waals surface area (Å²) in [7, 11) is 0. The molecule has 0 aromatic rings. The first kappa shape index (κ1) is 10.6. The van der Waals surface area contributed by atoms with Crippen molar-refractivity contribution in [1.29, 1.82) is 0 Å². The van der Waals surface area contributed by atoms with Gasteiger partial charge in [0.15, 0.2) is 0 Å². The molecule has 0 N–H and O–H groups in total. The van der Waals surface area contributed by atoms with E-state index >= 15 is 0 Å². The van der Waals surface area contributed by atoms with Crippen LogP contribution < -0.4 is 0 Å². The molecule has 5 rings (SSSR count). The van der Waals surface area contributed by atoms with Crippen molar-refractivity contribution < 1.29 is 19.1 Å². The molecule has 18 heavy (non-hydrogen) atoms. The van der Waals surface area contributed by atoms with Gasteiger partial charge in [0.25, 0.3) is 0 Å². The zero-order valence-electron chi connectivity index (χ0n) is 10.1. The van der Waals surface area contributed by atoms with E-state index in [9.17, 15) is 9.59 Å². The number of carbonyl (C=O) groups is 2. The molecule has 4 heteroatoms. The highest BCUT2D eigenvalue weighted by atomic mass is 16.6. The summed E-state index contributed by atoms with van der Waals surface area (Å²) in [6.07, 6.45) is 7.40. The first-order valence-electron chi connectivity index (χ1n) is 6.76. The highest BCUT2D eigenvalue weighted by Crippen LogP contribution is 2.58. The number of hydrogen-bond acceptors (Lipinski definition) is 4. The van der Waals surface area contributed by atoms with Crippen LogP contribution in [0.1, 0.15) is 32.1 Å². The molecule has 96 valence electrons. The van der Waals surface area contributed by atoms with Crippen molar-refractivity contribution in [2.45, 2.75) is 43.8 Å². The standard InChI is InChI=1S/C14H16O4/c15-11-1-2-12(16)18-14-6-8-3-9(7-14)5-10(4-8)13(14)17-11/h1-2,8-10,13H,3-7H2/b2-1+. The lowest BCUT2D eigenvalue weighted by Gasteiger charge is -2.59. The topological polar surface area (TPSA) is 52.6 Å². The molecule has 1 aliphatic heterocycles. The Hall–Kier alpha value is -1.32. The highest BCUT2D eigenvalue weighted by Gasteiger charge is 2.61. The van der Waals surface area contributed by atoms with Crippen LogP contribution in [0, 0.1) is 17.8 Å². The molecule has 1 heterocycles. The molecule has 4 fully saturated rings. The lowest BCUT2D eigenvalue weighted by Crippen LogP contribution is -2.63. The summed E-state index contributed by atoms with van der Waals surface area (Å²) in [4.78, 5) is 23.4. The van der Waals surface area contributed by atoms with Gasteiger partial charge in [-0.2, -0.15) is 0 Å². The van der Waals surface area contributed by atoms with Gasteiger partial charge in [0.2, 0.25) is 0 Å². The third-order valence-electron chi connectivity index (χ3n) is 5.06. The Bertz CT molecular complexity index is 439. The summed E-state index contributed by atoms with van der Waals surface area (Å²) in [5.41, 5.74) is -0.522. The number of esters is 2. The van der Waals surface area contributed by atoms with Gasteiger partial charge in [-0.1, -0.05) is 0 Å². The van der Waals surface area contributed by atoms with Crippen LogP contribution in [0.25, 0.3) is 0 Å². The molecule has 0 aromatic heterocycles. The Labute approximate surface area is 105 Å². The molecule has 0 amide bonds. The second kappa shape index (κ2) is 3.37. The van der Waals surface area contributed by atoms with Gasteiger partial charge < -0.3 is 9.47 Å². The Morgan fingerprint density at radius 3 is 2.39 bits per heavy atom. The molecule has 4 saturated carbocycles. The molecular weight excluding hydrogens is 232 g/mol. The lowest BCUT2D eigenvalue weighted by atomic mass is 9.52. The van der Waals surface area contributed by atoms with Crippen molar-refractivity contribution in [3.63, 3.8) is 0 Å². The van der Waals surface area contributed by atoms with Gasteiger partial charge in [-0.25, -0.2) is 9.59 Å². The van der Waals surface area contributed by atoms with Gasteiger partial charge in [0.05, 0.1) is 0 Å². The third-order valence-corrected chi connectivity index (χ3v) is 5.06. The summed E-state index contributed by atoms with van der Waals surface area (Å²) < 4.78 is 11.3. The maximum Gasteiger partial charge on any atom is 0.331 e. The minimum atomic E-state index is -0.522. The summed E-state index contributed by atoms with van der Waals surface area (Å²) in [5.74, 6) is 0.893. The van der Waals surface area contributed by atoms with E-state index in [0.717, 1.165) is 25.7 Å². The predicted molar refractivity (Wildman–Crippen MR) is 61.4 cm³/mol. The second-order valence-corrected chi connectivity index (χ2v) is 6.28. The van der Waals surface area contributed by atoms with E-state index in [2.05, 4.69) is 0 Å². The van der Waals surface area contributed by atoms with Gasteiger partial charge in [0.1, 0.15) is 11.7 Å². The van der Waals surface area contributed by atoms with Crippen molar-refractivity contribution in [3.8, 4) is 0 Å². The van der Waals surface area contributed by atoms with Crippen LogP contribution in [-0.2, 0) is 19.1 Å². The van der Waals surface area contributed by atoms with Crippen LogP contribution in [0.15, 0.2) is 12.2 Å². The molecule has 4 aliphatic carbocycles. The molecule has 3 unspecified atom stereocenters. The Balaban J connectivity index is 1.76. The fourth-order valence-electron chi connectivity index (χ4n) is 4.80. The first-order valence-corrected chi connectivity index (χ1v) is 6.76. The number of carbonyl (C=O) groups excluding carboxylic acids is 2. The first-order chi connectivity index (χ1) is 8.64. The van der Waals surface area contributed by atoms with Crippen molar-refractivity contribution in [1.82, 2.24) is 0 Å². The quantitative estimate of drug-likeness (QED) is 0.611. The molecule has 5 aliphatic rings. The van der Waals surface area contributed by atoms with Gasteiger partial charge in [-0.05, 0) is 43.9 Å². The Morgan fingerprint density at radius 1 is 1.00 bits per heavy atom. The normalized spacial score (nSPS) is 50.9. The average Bonchev–Trinajstić information content (AvgIpc) is 2.29. The number of ether oxygens (including phenoxy) is 2. The molecule has 0 radical (unpaired) electrons. The fourth-order valence-corrected chi connectivity index (χ4v) is 4.80. The number of rotatable bonds is 0. The van der Waals surface area contributed by atoms with E-state index in [0.29, 0.717) is 17.8 Å². The Kier molecular flexibility index (Phi) is 1.98. The zero-order valence-corrected chi connectivity index (χ0v) is 10.1. The van der Waals surface area contributed by atoms with Crippen LogP contribution in [0.5, 0.6) is 0 Å². The van der Waals surface area contributed by atoms with Gasteiger partial charge in [-0.3, -0.25) is 0 Å². The summed E-state index contributed by atoms with van der Waals surface area (Å²) >= 11 is 0. The number of hydrogen-bond donors (Lipinski definition) is 0. The highest BCUT2D eigenvalue weighted by molar-refractivity contribution is 5.92. The van der Waals surface area contributed by atoms with Crippen molar-refractivity contribution in [3.05, 3.63) is 12.2 Å². The summed E-state index contributed by atoms with van der Waals surface area (Å²) in [6.45, 7) is 0. The van der Waals surface area contributed by atoms with Gasteiger partial charge in [0, 0.05) is 18.1 Å². The monoisotopic (exact) mass is 248 g/mol. The van der Waals surface area contributed by atoms with Gasteiger partial charge in [-0.15, -0.1) is 0 Å². The summed E-state index contributed by atoms with van der Waals surface area (Å²) in [5, 5.41) is 0. The smallest absolute Gasteiger partial charge is 0.331 e. The Morgan fingerprint density at radius 2 is 1.67 bits per heavy atom. The maximum absolute atomic E-state index is 11.7. The minimum absolute atomic E-state index is 0.216. The van der Waals surface area contributed by atoms with Crippen LogP contribution in [-0.4, -0.2) is 23.6 Å². The SMILES string of the molecule is O=C1/C=C/C(=O)OC23CC4CC(CC(C4)C2O1)C3. The van der Waals surface area contributed by atoms with E-state index in [1.807, 2.05) is 0 Å². The molecular formula is C14H16O4. The molecule has 1 spiro atoms. The second-order valence-electron chi connectivity index (χ2n) is 6.28. The average molecular weight is 248 g/mol. The van der Waals surface area contributed by atoms with Crippen LogP contribution in [0.4, 0.5) is 0 Å². The maximum atomic E-state index is 11.7. The third kappa shape index (κ3) is 1.38. The van der Waals surface area contributed by atoms with Crippen molar-refractivity contribution in [2.24, 2.45) is 17.8 Å². The molecule has 3 atom stereocenters. The van der Waals surface area contributed by atoms with E-state index < -0.39 is 17.5 Å². The van der Waals surface area contributed by atoms with E-state index in [-0.39, 0.29) is 6.10 Å². The van der Waals surface area contributed by atoms with Gasteiger partial charge >= 0.3 is 11.9 Å². The van der Waals surface area contributed by atoms with Crippen LogP contribution in [0.3, 0.4) is 0 Å². The predicted octanol–water partition coefficient (Wildman–Crippen LogP) is 1.59. The lowest BCUT2D eigenvalue weighted by molar-refractivity contribution is -0.234. The van der Waals surface area contributed by atoms with Crippen molar-refractivity contribution in [2.75, 3.05) is 0 Å². The van der Waals surface area contributed by atoms with Crippen LogP contribution >= 0.6 is 0 Å². The summed E-state index contributed by atoms with van der Waals surface area (Å²) in [6, 6.07) is 0. The zero-order chi connectivity index (χ0) is 12.3. The fraction of sp³-hybridized carbons (Fsp3) is 0.714. The van der Waals surface area contributed by atoms with Crippen molar-refractivity contribution >= 4 is 11.9 Å². The van der Waals surface area contributed by atoms with E-state index in [1.165, 1.54) is 18.6 Å². The molecule has 0 aromatic carbocycles. The largest absolute Gasteiger partial charge is 0.455 e. The molecule has 4 bridgehead atoms. The molecule has 0 saturated heterocycles. The van der Waals surface area contributed by atoms with E-state index in [1.54, 1.807) is 0 Å².